The SMILES string of the molecule is CC(C)=c1ccc2c(c1C1=C(c3ccccc3C(C)(C)C)C=CC1)C=c1ccccc1=2. The average molecular weight is 403 g/mol. The smallest absolute Gasteiger partial charge is 0.00642 e. The largest absolute Gasteiger partial charge is 0.0795 e. The zero-order chi connectivity index (χ0) is 21.8. The predicted octanol–water partition coefficient (Wildman–Crippen LogP) is 6.47. The Morgan fingerprint density at radius 1 is 0.806 bits per heavy atom. The molecule has 0 atom stereocenters. The Morgan fingerprint density at radius 3 is 2.32 bits per heavy atom. The predicted molar refractivity (Wildman–Crippen MR) is 134 cm³/mol. The normalized spacial score (nSPS) is 14.5. The number of fused-ring (bicyclic) bond motifs is 2. The monoisotopic (exact) mass is 402 g/mol. The second kappa shape index (κ2) is 7.24. The van der Waals surface area contributed by atoms with Gasteiger partial charge >= 0.3 is 0 Å². The highest BCUT2D eigenvalue weighted by molar-refractivity contribution is 6.01. The summed E-state index contributed by atoms with van der Waals surface area (Å²) in [5.41, 5.74) is 9.87. The van der Waals surface area contributed by atoms with Gasteiger partial charge in [0.15, 0.2) is 0 Å². The lowest BCUT2D eigenvalue weighted by Crippen LogP contribution is -2.15. The molecule has 0 radical (unpaired) electrons. The van der Waals surface area contributed by atoms with E-state index in [-0.39, 0.29) is 5.41 Å². The van der Waals surface area contributed by atoms with E-state index in [0.29, 0.717) is 0 Å². The van der Waals surface area contributed by atoms with Gasteiger partial charge in [0.05, 0.1) is 0 Å². The first kappa shape index (κ1) is 19.8. The second-order valence-electron chi connectivity index (χ2n) is 9.98. The standard InChI is InChI=1S/C31H30/c1-20(2)22-17-18-25-23-12-7-6-11-21(23)19-28(25)30(22)27-15-10-14-24(27)26-13-8-9-16-29(26)31(3,4)5/h6-14,16-19H,15H2,1-5H3. The molecule has 0 N–H and O–H groups in total. The first-order valence-corrected chi connectivity index (χ1v) is 11.3. The zero-order valence-corrected chi connectivity index (χ0v) is 19.2. The molecule has 0 saturated heterocycles. The number of hydrogen-bond acceptors (Lipinski definition) is 0. The fourth-order valence-electron chi connectivity index (χ4n) is 5.14. The molecule has 0 heterocycles. The Hall–Kier alpha value is -3.12. The van der Waals surface area contributed by atoms with Crippen LogP contribution in [0.1, 0.15) is 63.3 Å². The summed E-state index contributed by atoms with van der Waals surface area (Å²) in [5, 5.41) is 5.40. The maximum atomic E-state index is 2.39. The molecular weight excluding hydrogens is 372 g/mol. The molecule has 2 aliphatic carbocycles. The van der Waals surface area contributed by atoms with Gasteiger partial charge in [0.1, 0.15) is 0 Å². The Bertz CT molecular complexity index is 1480. The Kier molecular flexibility index (Phi) is 4.63. The molecule has 0 nitrogen and oxygen atoms in total. The van der Waals surface area contributed by atoms with Crippen LogP contribution in [0.5, 0.6) is 0 Å². The molecule has 0 aromatic heterocycles. The first-order valence-electron chi connectivity index (χ1n) is 11.3. The van der Waals surface area contributed by atoms with Gasteiger partial charge in [-0.25, -0.2) is 0 Å². The van der Waals surface area contributed by atoms with Gasteiger partial charge in [-0.1, -0.05) is 99.2 Å². The maximum absolute atomic E-state index is 2.39. The molecule has 154 valence electrons. The van der Waals surface area contributed by atoms with Crippen molar-refractivity contribution in [1.82, 2.24) is 0 Å². The number of rotatable bonds is 2. The van der Waals surface area contributed by atoms with Crippen LogP contribution in [-0.4, -0.2) is 0 Å². The Morgan fingerprint density at radius 2 is 1.55 bits per heavy atom. The Balaban J connectivity index is 1.89. The van der Waals surface area contributed by atoms with Crippen molar-refractivity contribution in [3.8, 4) is 0 Å². The van der Waals surface area contributed by atoms with Crippen LogP contribution in [0.4, 0.5) is 0 Å². The van der Waals surface area contributed by atoms with E-state index in [4.69, 9.17) is 0 Å². The molecule has 31 heavy (non-hydrogen) atoms. The van der Waals surface area contributed by atoms with E-state index < -0.39 is 0 Å². The summed E-state index contributed by atoms with van der Waals surface area (Å²) in [6.45, 7) is 11.4. The van der Waals surface area contributed by atoms with E-state index >= 15 is 0 Å². The highest BCUT2D eigenvalue weighted by Gasteiger charge is 2.24. The van der Waals surface area contributed by atoms with Crippen molar-refractivity contribution >= 4 is 22.8 Å². The van der Waals surface area contributed by atoms with Crippen molar-refractivity contribution < 1.29 is 0 Å². The molecule has 0 unspecified atom stereocenters. The van der Waals surface area contributed by atoms with Crippen molar-refractivity contribution in [3.63, 3.8) is 0 Å². The lowest BCUT2D eigenvalue weighted by molar-refractivity contribution is 0.589. The molecule has 0 heteroatoms. The zero-order valence-electron chi connectivity index (χ0n) is 19.2. The summed E-state index contributed by atoms with van der Waals surface area (Å²) in [5.74, 6) is 0. The third-order valence-electron chi connectivity index (χ3n) is 6.59. The molecule has 0 aliphatic heterocycles. The molecule has 3 aromatic carbocycles. The fraction of sp³-hybridized carbons (Fsp3) is 0.226. The summed E-state index contributed by atoms with van der Waals surface area (Å²) in [6.07, 6.45) is 8.05. The third kappa shape index (κ3) is 3.22. The minimum absolute atomic E-state index is 0.0990. The summed E-state index contributed by atoms with van der Waals surface area (Å²) >= 11 is 0. The van der Waals surface area contributed by atoms with Gasteiger partial charge in [-0.15, -0.1) is 0 Å². The van der Waals surface area contributed by atoms with Gasteiger partial charge in [0, 0.05) is 0 Å². The van der Waals surface area contributed by atoms with Crippen molar-refractivity contribution in [3.05, 3.63) is 116 Å². The quantitative estimate of drug-likeness (QED) is 0.360. The fourth-order valence-corrected chi connectivity index (χ4v) is 5.14. The van der Waals surface area contributed by atoms with Crippen LogP contribution >= 0.6 is 0 Å². The maximum Gasteiger partial charge on any atom is -0.00642 e. The molecule has 0 bridgehead atoms. The van der Waals surface area contributed by atoms with Gasteiger partial charge in [0.2, 0.25) is 0 Å². The van der Waals surface area contributed by atoms with Crippen LogP contribution in [0.15, 0.2) is 72.8 Å². The third-order valence-corrected chi connectivity index (χ3v) is 6.59. The van der Waals surface area contributed by atoms with E-state index in [2.05, 4.69) is 114 Å². The molecule has 0 saturated carbocycles. The molecular formula is C31H30. The van der Waals surface area contributed by atoms with Gasteiger partial charge < -0.3 is 0 Å². The van der Waals surface area contributed by atoms with E-state index in [9.17, 15) is 0 Å². The molecule has 5 rings (SSSR count). The van der Waals surface area contributed by atoms with Crippen LogP contribution in [0.3, 0.4) is 0 Å². The second-order valence-corrected chi connectivity index (χ2v) is 9.98. The van der Waals surface area contributed by atoms with Crippen molar-refractivity contribution in [2.24, 2.45) is 0 Å². The van der Waals surface area contributed by atoms with Crippen LogP contribution in [0, 0.1) is 10.4 Å². The highest BCUT2D eigenvalue weighted by atomic mass is 14.3. The van der Waals surface area contributed by atoms with E-state index in [0.717, 1.165) is 6.42 Å². The van der Waals surface area contributed by atoms with Crippen molar-refractivity contribution in [2.45, 2.75) is 46.5 Å². The van der Waals surface area contributed by atoms with Crippen LogP contribution < -0.4 is 10.4 Å². The minimum Gasteiger partial charge on any atom is -0.0795 e. The van der Waals surface area contributed by atoms with Gasteiger partial charge in [0.25, 0.3) is 0 Å². The van der Waals surface area contributed by atoms with Gasteiger partial charge in [-0.2, -0.15) is 0 Å². The number of allylic oxidation sites excluding steroid dienone is 4. The van der Waals surface area contributed by atoms with Gasteiger partial charge in [-0.3, -0.25) is 0 Å². The number of benzene rings is 3. The van der Waals surface area contributed by atoms with E-state index in [1.54, 1.807) is 0 Å². The highest BCUT2D eigenvalue weighted by Crippen LogP contribution is 2.40. The first-order chi connectivity index (χ1) is 14.9. The Labute approximate surface area is 185 Å². The lowest BCUT2D eigenvalue weighted by Gasteiger charge is -2.24. The molecule has 2 aliphatic rings. The summed E-state index contributed by atoms with van der Waals surface area (Å²) in [7, 11) is 0. The van der Waals surface area contributed by atoms with Crippen LogP contribution in [0.25, 0.3) is 22.8 Å². The van der Waals surface area contributed by atoms with E-state index in [1.165, 1.54) is 59.8 Å². The summed E-state index contributed by atoms with van der Waals surface area (Å²) in [6, 6.07) is 22.4. The van der Waals surface area contributed by atoms with Gasteiger partial charge in [-0.05, 0) is 86.0 Å². The topological polar surface area (TPSA) is 0 Å². The molecule has 0 spiro atoms. The molecule has 3 aromatic rings. The van der Waals surface area contributed by atoms with E-state index in [1.807, 2.05) is 0 Å². The lowest BCUT2D eigenvalue weighted by atomic mass is 9.80. The summed E-state index contributed by atoms with van der Waals surface area (Å²) in [4.78, 5) is 0. The van der Waals surface area contributed by atoms with Crippen LogP contribution in [-0.2, 0) is 5.41 Å². The molecule has 0 amide bonds. The minimum atomic E-state index is 0.0990. The van der Waals surface area contributed by atoms with Crippen molar-refractivity contribution in [1.29, 1.82) is 0 Å². The molecule has 0 fully saturated rings. The van der Waals surface area contributed by atoms with Crippen molar-refractivity contribution in [2.75, 3.05) is 0 Å². The average Bonchev–Trinajstić information content (AvgIpc) is 3.37. The van der Waals surface area contributed by atoms with Crippen LogP contribution in [0.2, 0.25) is 0 Å². The summed E-state index contributed by atoms with van der Waals surface area (Å²) < 4.78 is 0. The number of hydrogen-bond donors (Lipinski definition) is 0.